The highest BCUT2D eigenvalue weighted by Crippen LogP contribution is 2.05. The Labute approximate surface area is 80.8 Å². The first kappa shape index (κ1) is 12.2. The predicted octanol–water partition coefficient (Wildman–Crippen LogP) is 4.19. The average Bonchev–Trinajstić information content (AvgIpc) is 2.19. The van der Waals surface area contributed by atoms with Crippen molar-refractivity contribution in [3.8, 4) is 0 Å². The highest BCUT2D eigenvalue weighted by molar-refractivity contribution is 5.16. The fourth-order valence-electron chi connectivity index (χ4n) is 0.785. The highest BCUT2D eigenvalue weighted by atomic mass is 19.1. The van der Waals surface area contributed by atoms with E-state index in [1.54, 1.807) is 12.1 Å². The number of hydrogen-bond acceptors (Lipinski definition) is 0. The van der Waals surface area contributed by atoms with E-state index in [4.69, 9.17) is 0 Å². The molecule has 1 heteroatoms. The van der Waals surface area contributed by atoms with E-state index >= 15 is 0 Å². The van der Waals surface area contributed by atoms with Gasteiger partial charge in [0, 0.05) is 0 Å². The maximum atomic E-state index is 12.6. The Balaban J connectivity index is 0.000000310. The molecule has 0 atom stereocenters. The lowest BCUT2D eigenvalue weighted by molar-refractivity contribution is 0.612. The molecule has 0 aliphatic rings. The van der Waals surface area contributed by atoms with Gasteiger partial charge < -0.3 is 0 Å². The summed E-state index contributed by atoms with van der Waals surface area (Å²) in [6.45, 7) is 6.30. The van der Waals surface area contributed by atoms with Gasteiger partial charge in [-0.1, -0.05) is 51.8 Å². The molecule has 1 rings (SSSR count). The van der Waals surface area contributed by atoms with Crippen LogP contribution < -0.4 is 0 Å². The van der Waals surface area contributed by atoms with Crippen LogP contribution in [-0.2, 0) is 6.42 Å². The topological polar surface area (TPSA) is 0 Å². The quantitative estimate of drug-likeness (QED) is 0.643. The van der Waals surface area contributed by atoms with Crippen LogP contribution in [0.15, 0.2) is 24.3 Å². The SMILES string of the molecule is CCCC.CCc1ccccc1F. The fourth-order valence-corrected chi connectivity index (χ4v) is 0.785. The van der Waals surface area contributed by atoms with Gasteiger partial charge in [0.2, 0.25) is 0 Å². The molecule has 74 valence electrons. The number of unbranched alkanes of at least 4 members (excludes halogenated alkanes) is 1. The van der Waals surface area contributed by atoms with Gasteiger partial charge in [0.25, 0.3) is 0 Å². The van der Waals surface area contributed by atoms with Gasteiger partial charge in [-0.15, -0.1) is 0 Å². The number of hydrogen-bond donors (Lipinski definition) is 0. The summed E-state index contributed by atoms with van der Waals surface area (Å²) in [7, 11) is 0. The second-order valence-corrected chi connectivity index (χ2v) is 2.94. The van der Waals surface area contributed by atoms with E-state index in [1.165, 1.54) is 18.9 Å². The van der Waals surface area contributed by atoms with Gasteiger partial charge >= 0.3 is 0 Å². The molecule has 0 bridgehead atoms. The summed E-state index contributed by atoms with van der Waals surface area (Å²) < 4.78 is 12.6. The summed E-state index contributed by atoms with van der Waals surface area (Å²) >= 11 is 0. The second kappa shape index (κ2) is 7.78. The van der Waals surface area contributed by atoms with Crippen LogP contribution >= 0.6 is 0 Å². The molecule has 0 unspecified atom stereocenters. The zero-order chi connectivity index (χ0) is 10.1. The Morgan fingerprint density at radius 3 is 1.85 bits per heavy atom. The number of halogens is 1. The molecule has 0 amide bonds. The van der Waals surface area contributed by atoms with Crippen molar-refractivity contribution < 1.29 is 4.39 Å². The Hall–Kier alpha value is -0.850. The van der Waals surface area contributed by atoms with E-state index in [9.17, 15) is 4.39 Å². The van der Waals surface area contributed by atoms with Crippen LogP contribution in [0.25, 0.3) is 0 Å². The average molecular weight is 182 g/mol. The molecule has 0 nitrogen and oxygen atoms in total. The van der Waals surface area contributed by atoms with Crippen LogP contribution in [0.4, 0.5) is 4.39 Å². The molecular formula is C12H19F. The van der Waals surface area contributed by atoms with Gasteiger partial charge in [-0.25, -0.2) is 4.39 Å². The van der Waals surface area contributed by atoms with Crippen molar-refractivity contribution in [2.45, 2.75) is 40.0 Å². The van der Waals surface area contributed by atoms with E-state index in [2.05, 4.69) is 13.8 Å². The lowest BCUT2D eigenvalue weighted by Crippen LogP contribution is -1.83. The molecule has 1 aromatic carbocycles. The summed E-state index contributed by atoms with van der Waals surface area (Å²) in [5.41, 5.74) is 0.789. The van der Waals surface area contributed by atoms with Gasteiger partial charge in [-0.3, -0.25) is 0 Å². The monoisotopic (exact) mass is 182 g/mol. The molecule has 0 heterocycles. The van der Waals surface area contributed by atoms with Crippen LogP contribution in [0.5, 0.6) is 0 Å². The van der Waals surface area contributed by atoms with Gasteiger partial charge in [0.05, 0.1) is 0 Å². The van der Waals surface area contributed by atoms with E-state index in [1.807, 2.05) is 13.0 Å². The summed E-state index contributed by atoms with van der Waals surface area (Å²) in [5.74, 6) is -0.0972. The first-order valence-electron chi connectivity index (χ1n) is 4.99. The molecule has 13 heavy (non-hydrogen) atoms. The van der Waals surface area contributed by atoms with Crippen molar-refractivity contribution in [2.75, 3.05) is 0 Å². The highest BCUT2D eigenvalue weighted by Gasteiger charge is 1.93. The van der Waals surface area contributed by atoms with E-state index in [-0.39, 0.29) is 5.82 Å². The van der Waals surface area contributed by atoms with Crippen LogP contribution in [-0.4, -0.2) is 0 Å². The van der Waals surface area contributed by atoms with Crippen molar-refractivity contribution in [3.63, 3.8) is 0 Å². The van der Waals surface area contributed by atoms with E-state index in [0.717, 1.165) is 12.0 Å². The Morgan fingerprint density at radius 1 is 1.00 bits per heavy atom. The Bertz CT molecular complexity index is 216. The first-order valence-corrected chi connectivity index (χ1v) is 4.99. The van der Waals surface area contributed by atoms with Crippen molar-refractivity contribution in [1.82, 2.24) is 0 Å². The number of rotatable bonds is 2. The molecule has 0 aromatic heterocycles. The van der Waals surface area contributed by atoms with Crippen molar-refractivity contribution >= 4 is 0 Å². The van der Waals surface area contributed by atoms with Crippen molar-refractivity contribution in [3.05, 3.63) is 35.6 Å². The Morgan fingerprint density at radius 2 is 1.54 bits per heavy atom. The van der Waals surface area contributed by atoms with E-state index in [0.29, 0.717) is 0 Å². The van der Waals surface area contributed by atoms with Gasteiger partial charge in [-0.05, 0) is 18.1 Å². The van der Waals surface area contributed by atoms with E-state index < -0.39 is 0 Å². The van der Waals surface area contributed by atoms with Crippen molar-refractivity contribution in [1.29, 1.82) is 0 Å². The molecule has 0 spiro atoms. The molecule has 0 saturated carbocycles. The molecule has 0 aliphatic heterocycles. The smallest absolute Gasteiger partial charge is 0.126 e. The first-order chi connectivity index (χ1) is 6.26. The van der Waals surface area contributed by atoms with Crippen molar-refractivity contribution in [2.24, 2.45) is 0 Å². The number of benzene rings is 1. The zero-order valence-corrected chi connectivity index (χ0v) is 8.81. The third-order valence-electron chi connectivity index (χ3n) is 1.84. The largest absolute Gasteiger partial charge is 0.207 e. The fraction of sp³-hybridized carbons (Fsp3) is 0.500. The molecule has 0 saturated heterocycles. The van der Waals surface area contributed by atoms with Gasteiger partial charge in [0.15, 0.2) is 0 Å². The van der Waals surface area contributed by atoms with Gasteiger partial charge in [-0.2, -0.15) is 0 Å². The minimum absolute atomic E-state index is 0.0972. The maximum Gasteiger partial charge on any atom is 0.126 e. The lowest BCUT2D eigenvalue weighted by atomic mass is 10.2. The maximum absolute atomic E-state index is 12.6. The molecular weight excluding hydrogens is 163 g/mol. The minimum atomic E-state index is -0.0972. The van der Waals surface area contributed by atoms with Crippen LogP contribution in [0, 0.1) is 5.82 Å². The summed E-state index contributed by atoms with van der Waals surface area (Å²) in [6.07, 6.45) is 3.41. The molecule has 1 aromatic rings. The summed E-state index contributed by atoms with van der Waals surface area (Å²) in [6, 6.07) is 6.84. The van der Waals surface area contributed by atoms with Crippen LogP contribution in [0.2, 0.25) is 0 Å². The third kappa shape index (κ3) is 5.40. The standard InChI is InChI=1S/C8H9F.C4H10/c1-2-7-5-3-4-6-8(7)9;1-3-4-2/h3-6H,2H2,1H3;3-4H2,1-2H3. The minimum Gasteiger partial charge on any atom is -0.207 e. The van der Waals surface area contributed by atoms with Crippen LogP contribution in [0.1, 0.15) is 39.2 Å². The van der Waals surface area contributed by atoms with Gasteiger partial charge in [0.1, 0.15) is 5.82 Å². The Kier molecular flexibility index (Phi) is 7.27. The molecule has 0 N–H and O–H groups in total. The second-order valence-electron chi connectivity index (χ2n) is 2.94. The third-order valence-corrected chi connectivity index (χ3v) is 1.84. The molecule has 0 fully saturated rings. The number of aryl methyl sites for hydroxylation is 1. The lowest BCUT2D eigenvalue weighted by Gasteiger charge is -1.94. The summed E-state index contributed by atoms with van der Waals surface area (Å²) in [5, 5.41) is 0. The molecule has 0 radical (unpaired) electrons. The normalized spacial score (nSPS) is 8.92. The van der Waals surface area contributed by atoms with Crippen LogP contribution in [0.3, 0.4) is 0 Å². The summed E-state index contributed by atoms with van der Waals surface area (Å²) in [4.78, 5) is 0. The zero-order valence-electron chi connectivity index (χ0n) is 8.81. The predicted molar refractivity (Wildman–Crippen MR) is 56.4 cm³/mol. The molecule has 0 aliphatic carbocycles.